The fourth-order valence-corrected chi connectivity index (χ4v) is 3.41. The molecule has 6 nitrogen and oxygen atoms in total. The molecule has 0 radical (unpaired) electrons. The van der Waals surface area contributed by atoms with E-state index < -0.39 is 0 Å². The quantitative estimate of drug-likeness (QED) is 0.578. The maximum absolute atomic E-state index is 12.3. The molecule has 0 aromatic heterocycles. The molecule has 1 aliphatic heterocycles. The Bertz CT molecular complexity index is 767. The van der Waals surface area contributed by atoms with Crippen molar-refractivity contribution < 1.29 is 19.0 Å². The topological polar surface area (TPSA) is 60.0 Å². The number of ether oxygens (including phenoxy) is 3. The molecule has 0 bridgehead atoms. The van der Waals surface area contributed by atoms with Crippen LogP contribution in [0.2, 0.25) is 0 Å². The molecule has 1 amide bonds. The van der Waals surface area contributed by atoms with Gasteiger partial charge in [-0.15, -0.1) is 0 Å². The molecule has 29 heavy (non-hydrogen) atoms. The first-order valence-corrected chi connectivity index (χ1v) is 10.6. The second-order valence-electron chi connectivity index (χ2n) is 6.75. The molecule has 7 heteroatoms. The first kappa shape index (κ1) is 21.6. The van der Waals surface area contributed by atoms with Crippen molar-refractivity contribution in [2.45, 2.75) is 13.0 Å². The number of hydrogen-bond acceptors (Lipinski definition) is 5. The number of nitrogens with zero attached hydrogens (tertiary/aromatic N) is 1. The van der Waals surface area contributed by atoms with Crippen LogP contribution in [0.5, 0.6) is 11.5 Å². The fraction of sp³-hybridized carbons (Fsp3) is 0.409. The molecule has 1 unspecified atom stereocenters. The second kappa shape index (κ2) is 11.2. The summed E-state index contributed by atoms with van der Waals surface area (Å²) in [6.45, 7) is 5.91. The van der Waals surface area contributed by atoms with Crippen LogP contribution in [-0.4, -0.2) is 56.8 Å². The molecule has 156 valence electrons. The monoisotopic (exact) mass is 462 g/mol. The lowest BCUT2D eigenvalue weighted by molar-refractivity contribution is -0.124. The molecular formula is C22H27BrN2O4. The summed E-state index contributed by atoms with van der Waals surface area (Å²) >= 11 is 3.45. The van der Waals surface area contributed by atoms with Crippen molar-refractivity contribution in [1.29, 1.82) is 0 Å². The van der Waals surface area contributed by atoms with Gasteiger partial charge in [0.1, 0.15) is 18.1 Å². The SMILES string of the molecule is CCOc1ccc(OCCNC(=O)CN2CCOC(c3ccc(Br)cc3)C2)cc1. The van der Waals surface area contributed by atoms with Gasteiger partial charge in [0.25, 0.3) is 0 Å². The van der Waals surface area contributed by atoms with Gasteiger partial charge in [-0.05, 0) is 48.9 Å². The summed E-state index contributed by atoms with van der Waals surface area (Å²) in [7, 11) is 0. The maximum atomic E-state index is 12.3. The number of halogens is 1. The largest absolute Gasteiger partial charge is 0.494 e. The van der Waals surface area contributed by atoms with Crippen LogP contribution < -0.4 is 14.8 Å². The summed E-state index contributed by atoms with van der Waals surface area (Å²) in [6.07, 6.45) is -0.00681. The zero-order valence-corrected chi connectivity index (χ0v) is 18.2. The van der Waals surface area contributed by atoms with Crippen molar-refractivity contribution in [3.63, 3.8) is 0 Å². The van der Waals surface area contributed by atoms with Crippen molar-refractivity contribution in [1.82, 2.24) is 10.2 Å². The first-order valence-electron chi connectivity index (χ1n) is 9.86. The number of morpholine rings is 1. The summed E-state index contributed by atoms with van der Waals surface area (Å²) < 4.78 is 18.0. The van der Waals surface area contributed by atoms with Crippen LogP contribution in [0.3, 0.4) is 0 Å². The third-order valence-corrected chi connectivity index (χ3v) is 5.12. The van der Waals surface area contributed by atoms with Crippen LogP contribution in [0.15, 0.2) is 53.0 Å². The van der Waals surface area contributed by atoms with Gasteiger partial charge in [-0.25, -0.2) is 0 Å². The Kier molecular flexibility index (Phi) is 8.34. The molecule has 1 fully saturated rings. The van der Waals surface area contributed by atoms with Gasteiger partial charge in [0.05, 0.1) is 32.4 Å². The minimum Gasteiger partial charge on any atom is -0.494 e. The number of benzene rings is 2. The normalized spacial score (nSPS) is 17.0. The molecule has 1 saturated heterocycles. The molecule has 3 rings (SSSR count). The van der Waals surface area contributed by atoms with E-state index in [9.17, 15) is 4.79 Å². The number of rotatable bonds is 9. The average Bonchev–Trinajstić information content (AvgIpc) is 2.73. The molecule has 1 aliphatic rings. The minimum atomic E-state index is -0.00681. The summed E-state index contributed by atoms with van der Waals surface area (Å²) in [5.41, 5.74) is 1.13. The third kappa shape index (κ3) is 7.03. The van der Waals surface area contributed by atoms with E-state index in [2.05, 4.69) is 38.3 Å². The van der Waals surface area contributed by atoms with Gasteiger partial charge in [0.15, 0.2) is 0 Å². The minimum absolute atomic E-state index is 0.00301. The van der Waals surface area contributed by atoms with Gasteiger partial charge in [-0.3, -0.25) is 9.69 Å². The van der Waals surface area contributed by atoms with Crippen LogP contribution in [0, 0.1) is 0 Å². The Morgan fingerprint density at radius 2 is 1.83 bits per heavy atom. The molecule has 0 saturated carbocycles. The smallest absolute Gasteiger partial charge is 0.234 e. The maximum Gasteiger partial charge on any atom is 0.234 e. The van der Waals surface area contributed by atoms with E-state index in [1.165, 1.54) is 0 Å². The predicted octanol–water partition coefficient (Wildman–Crippen LogP) is 3.42. The van der Waals surface area contributed by atoms with Gasteiger partial charge in [-0.2, -0.15) is 0 Å². The van der Waals surface area contributed by atoms with Crippen molar-refractivity contribution in [3.05, 3.63) is 58.6 Å². The van der Waals surface area contributed by atoms with E-state index in [4.69, 9.17) is 14.2 Å². The Morgan fingerprint density at radius 3 is 2.52 bits per heavy atom. The van der Waals surface area contributed by atoms with Gasteiger partial charge in [-0.1, -0.05) is 28.1 Å². The zero-order valence-electron chi connectivity index (χ0n) is 16.6. The number of nitrogens with one attached hydrogen (secondary N) is 1. The molecule has 1 heterocycles. The number of carbonyl (C=O) groups excluding carboxylic acids is 1. The highest BCUT2D eigenvalue weighted by Crippen LogP contribution is 2.23. The van der Waals surface area contributed by atoms with Gasteiger partial charge >= 0.3 is 0 Å². The zero-order chi connectivity index (χ0) is 20.5. The van der Waals surface area contributed by atoms with Crippen molar-refractivity contribution >= 4 is 21.8 Å². The lowest BCUT2D eigenvalue weighted by Crippen LogP contribution is -2.44. The summed E-state index contributed by atoms with van der Waals surface area (Å²) in [5.74, 6) is 1.57. The predicted molar refractivity (Wildman–Crippen MR) is 115 cm³/mol. The van der Waals surface area contributed by atoms with Crippen molar-refractivity contribution in [2.24, 2.45) is 0 Å². The molecule has 2 aromatic rings. The van der Waals surface area contributed by atoms with Gasteiger partial charge in [0.2, 0.25) is 5.91 Å². The molecule has 0 spiro atoms. The van der Waals surface area contributed by atoms with Gasteiger partial charge < -0.3 is 19.5 Å². The highest BCUT2D eigenvalue weighted by atomic mass is 79.9. The number of carbonyl (C=O) groups is 1. The van der Waals surface area contributed by atoms with E-state index in [0.717, 1.165) is 28.1 Å². The Morgan fingerprint density at radius 1 is 1.14 bits per heavy atom. The molecule has 0 aliphatic carbocycles. The number of amides is 1. The standard InChI is InChI=1S/C22H27BrN2O4/c1-2-27-19-7-9-20(10-8-19)28-13-11-24-22(26)16-25-12-14-29-21(15-25)17-3-5-18(23)6-4-17/h3-10,21H,2,11-16H2,1H3,(H,24,26). The molecule has 2 aromatic carbocycles. The fourth-order valence-electron chi connectivity index (χ4n) is 3.14. The summed E-state index contributed by atoms with van der Waals surface area (Å²) in [6, 6.07) is 15.6. The average molecular weight is 463 g/mol. The van der Waals surface area contributed by atoms with Crippen molar-refractivity contribution in [2.75, 3.05) is 46.0 Å². The third-order valence-electron chi connectivity index (χ3n) is 4.59. The van der Waals surface area contributed by atoms with E-state index in [-0.39, 0.29) is 12.0 Å². The van der Waals surface area contributed by atoms with E-state index in [1.54, 1.807) is 0 Å². The van der Waals surface area contributed by atoms with E-state index >= 15 is 0 Å². The lowest BCUT2D eigenvalue weighted by Gasteiger charge is -2.32. The summed E-state index contributed by atoms with van der Waals surface area (Å²) in [5, 5.41) is 2.92. The Labute approximate surface area is 180 Å². The molecular weight excluding hydrogens is 436 g/mol. The van der Waals surface area contributed by atoms with Crippen LogP contribution >= 0.6 is 15.9 Å². The van der Waals surface area contributed by atoms with Crippen LogP contribution in [-0.2, 0) is 9.53 Å². The first-order chi connectivity index (χ1) is 14.1. The second-order valence-corrected chi connectivity index (χ2v) is 7.66. The highest BCUT2D eigenvalue weighted by molar-refractivity contribution is 9.10. The van der Waals surface area contributed by atoms with Gasteiger partial charge in [0, 0.05) is 17.6 Å². The highest BCUT2D eigenvalue weighted by Gasteiger charge is 2.23. The number of hydrogen-bond donors (Lipinski definition) is 1. The molecule has 1 N–H and O–H groups in total. The van der Waals surface area contributed by atoms with E-state index in [0.29, 0.717) is 39.5 Å². The van der Waals surface area contributed by atoms with Crippen LogP contribution in [0.4, 0.5) is 0 Å². The van der Waals surface area contributed by atoms with Crippen LogP contribution in [0.1, 0.15) is 18.6 Å². The Balaban J connectivity index is 1.36. The van der Waals surface area contributed by atoms with Crippen molar-refractivity contribution in [3.8, 4) is 11.5 Å². The molecule has 1 atom stereocenters. The van der Waals surface area contributed by atoms with Crippen LogP contribution in [0.25, 0.3) is 0 Å². The van der Waals surface area contributed by atoms with E-state index in [1.807, 2.05) is 43.3 Å². The lowest BCUT2D eigenvalue weighted by atomic mass is 10.1. The summed E-state index contributed by atoms with van der Waals surface area (Å²) in [4.78, 5) is 14.4. The Hall–Kier alpha value is -2.09.